The first-order valence-corrected chi connectivity index (χ1v) is 8.95. The standard InChI is InChI=1S/C16H15N3O2S2/c1-11-17-16(21-19-11)15-13(7-9-23-15)18-14(20)8-10-22-12-5-3-2-4-6-12/h2-7,9H,8,10H2,1H3,(H,18,20). The van der Waals surface area contributed by atoms with Crippen LogP contribution in [0.4, 0.5) is 5.69 Å². The van der Waals surface area contributed by atoms with E-state index in [4.69, 9.17) is 4.52 Å². The molecule has 0 spiro atoms. The summed E-state index contributed by atoms with van der Waals surface area (Å²) in [7, 11) is 0. The van der Waals surface area contributed by atoms with E-state index in [1.807, 2.05) is 41.8 Å². The number of nitrogens with zero attached hydrogens (tertiary/aromatic N) is 2. The molecule has 0 fully saturated rings. The lowest BCUT2D eigenvalue weighted by molar-refractivity contribution is -0.115. The van der Waals surface area contributed by atoms with Crippen LogP contribution in [0.5, 0.6) is 0 Å². The second kappa shape index (κ2) is 7.43. The number of thioether (sulfide) groups is 1. The van der Waals surface area contributed by atoms with E-state index in [2.05, 4.69) is 15.5 Å². The Bertz CT molecular complexity index is 783. The molecule has 0 saturated carbocycles. The highest BCUT2D eigenvalue weighted by Gasteiger charge is 2.15. The Morgan fingerprint density at radius 2 is 2.13 bits per heavy atom. The van der Waals surface area contributed by atoms with Crippen LogP contribution in [0.3, 0.4) is 0 Å². The summed E-state index contributed by atoms with van der Waals surface area (Å²) in [5.41, 5.74) is 0.716. The maximum Gasteiger partial charge on any atom is 0.270 e. The van der Waals surface area contributed by atoms with Gasteiger partial charge in [0.1, 0.15) is 4.88 Å². The number of rotatable bonds is 6. The molecule has 5 nitrogen and oxygen atoms in total. The number of carbonyl (C=O) groups excluding carboxylic acids is 1. The van der Waals surface area contributed by atoms with Gasteiger partial charge in [-0.2, -0.15) is 4.98 Å². The number of hydrogen-bond donors (Lipinski definition) is 1. The van der Waals surface area contributed by atoms with Crippen molar-refractivity contribution in [2.75, 3.05) is 11.1 Å². The number of hydrogen-bond acceptors (Lipinski definition) is 6. The van der Waals surface area contributed by atoms with Crippen molar-refractivity contribution in [3.05, 3.63) is 47.6 Å². The van der Waals surface area contributed by atoms with Crippen molar-refractivity contribution in [3.63, 3.8) is 0 Å². The quantitative estimate of drug-likeness (QED) is 0.677. The second-order valence-corrected chi connectivity index (χ2v) is 6.85. The zero-order chi connectivity index (χ0) is 16.1. The summed E-state index contributed by atoms with van der Waals surface area (Å²) in [5, 5.41) is 8.59. The molecule has 0 saturated heterocycles. The smallest absolute Gasteiger partial charge is 0.270 e. The normalized spacial score (nSPS) is 10.7. The molecule has 0 atom stereocenters. The van der Waals surface area contributed by atoms with Crippen molar-refractivity contribution in [2.24, 2.45) is 0 Å². The highest BCUT2D eigenvalue weighted by Crippen LogP contribution is 2.32. The van der Waals surface area contributed by atoms with Crippen LogP contribution in [0, 0.1) is 6.92 Å². The fraction of sp³-hybridized carbons (Fsp3) is 0.188. The minimum absolute atomic E-state index is 0.0238. The molecule has 1 N–H and O–H groups in total. The molecular weight excluding hydrogens is 330 g/mol. The van der Waals surface area contributed by atoms with Crippen LogP contribution in [0.1, 0.15) is 12.2 Å². The summed E-state index contributed by atoms with van der Waals surface area (Å²) < 4.78 is 5.16. The maximum absolute atomic E-state index is 12.1. The summed E-state index contributed by atoms with van der Waals surface area (Å²) in [6.45, 7) is 1.76. The molecule has 0 aliphatic carbocycles. The van der Waals surface area contributed by atoms with Crippen LogP contribution in [0.15, 0.2) is 51.2 Å². The number of nitrogens with one attached hydrogen (secondary N) is 1. The van der Waals surface area contributed by atoms with Gasteiger partial charge in [0, 0.05) is 17.1 Å². The van der Waals surface area contributed by atoms with Gasteiger partial charge in [-0.05, 0) is 30.5 Å². The molecule has 0 aliphatic rings. The van der Waals surface area contributed by atoms with Crippen LogP contribution in [-0.4, -0.2) is 21.8 Å². The molecule has 1 amide bonds. The molecule has 3 rings (SSSR count). The first-order valence-electron chi connectivity index (χ1n) is 7.08. The number of benzene rings is 1. The zero-order valence-electron chi connectivity index (χ0n) is 12.5. The SMILES string of the molecule is Cc1noc(-c2sccc2NC(=O)CCSc2ccccc2)n1. The van der Waals surface area contributed by atoms with Gasteiger partial charge in [0.25, 0.3) is 5.89 Å². The van der Waals surface area contributed by atoms with Gasteiger partial charge in [-0.15, -0.1) is 23.1 Å². The molecule has 0 radical (unpaired) electrons. The van der Waals surface area contributed by atoms with Crippen molar-refractivity contribution < 1.29 is 9.32 Å². The Balaban J connectivity index is 1.55. The third-order valence-electron chi connectivity index (χ3n) is 3.00. The van der Waals surface area contributed by atoms with Gasteiger partial charge >= 0.3 is 0 Å². The summed E-state index contributed by atoms with van der Waals surface area (Å²) in [6.07, 6.45) is 0.442. The molecule has 2 aromatic heterocycles. The minimum Gasteiger partial charge on any atom is -0.333 e. The average molecular weight is 345 g/mol. The number of amides is 1. The Morgan fingerprint density at radius 1 is 1.30 bits per heavy atom. The van der Waals surface area contributed by atoms with Crippen LogP contribution < -0.4 is 5.32 Å². The zero-order valence-corrected chi connectivity index (χ0v) is 14.1. The van der Waals surface area contributed by atoms with E-state index >= 15 is 0 Å². The fourth-order valence-electron chi connectivity index (χ4n) is 1.95. The third-order valence-corrected chi connectivity index (χ3v) is 4.92. The maximum atomic E-state index is 12.1. The lowest BCUT2D eigenvalue weighted by Crippen LogP contribution is -2.12. The molecule has 23 heavy (non-hydrogen) atoms. The predicted molar refractivity (Wildman–Crippen MR) is 92.8 cm³/mol. The van der Waals surface area contributed by atoms with E-state index < -0.39 is 0 Å². The van der Waals surface area contributed by atoms with E-state index in [-0.39, 0.29) is 5.91 Å². The van der Waals surface area contributed by atoms with Crippen molar-refractivity contribution in [2.45, 2.75) is 18.2 Å². The molecular formula is C16H15N3O2S2. The van der Waals surface area contributed by atoms with Crippen LogP contribution in [-0.2, 0) is 4.79 Å². The predicted octanol–water partition coefficient (Wildman–Crippen LogP) is 4.23. The Morgan fingerprint density at radius 3 is 2.87 bits per heavy atom. The molecule has 0 aliphatic heterocycles. The van der Waals surface area contributed by atoms with Crippen molar-refractivity contribution in [1.29, 1.82) is 0 Å². The number of aromatic nitrogens is 2. The van der Waals surface area contributed by atoms with Gasteiger partial charge in [-0.3, -0.25) is 4.79 Å². The molecule has 2 heterocycles. The summed E-state index contributed by atoms with van der Waals surface area (Å²) in [4.78, 5) is 18.3. The van der Waals surface area contributed by atoms with Crippen LogP contribution in [0.25, 0.3) is 10.8 Å². The van der Waals surface area contributed by atoms with Gasteiger partial charge < -0.3 is 9.84 Å². The Labute approximate surface area is 142 Å². The number of thiophene rings is 1. The van der Waals surface area contributed by atoms with E-state index in [9.17, 15) is 4.79 Å². The topological polar surface area (TPSA) is 68.0 Å². The molecule has 7 heteroatoms. The van der Waals surface area contributed by atoms with Gasteiger partial charge in [0.05, 0.1) is 5.69 Å². The summed E-state index contributed by atoms with van der Waals surface area (Å²) >= 11 is 3.13. The molecule has 3 aromatic rings. The van der Waals surface area contributed by atoms with Gasteiger partial charge in [-0.1, -0.05) is 23.4 Å². The average Bonchev–Trinajstić information content (AvgIpc) is 3.17. The monoisotopic (exact) mass is 345 g/mol. The number of aryl methyl sites for hydroxylation is 1. The van der Waals surface area contributed by atoms with E-state index in [0.29, 0.717) is 23.8 Å². The largest absolute Gasteiger partial charge is 0.333 e. The van der Waals surface area contributed by atoms with Gasteiger partial charge in [0.2, 0.25) is 5.91 Å². The van der Waals surface area contributed by atoms with Crippen molar-refractivity contribution >= 4 is 34.7 Å². The summed E-state index contributed by atoms with van der Waals surface area (Å²) in [5.74, 6) is 1.72. The number of anilines is 1. The molecule has 0 unspecified atom stereocenters. The van der Waals surface area contributed by atoms with Gasteiger partial charge in [0.15, 0.2) is 5.82 Å². The Kier molecular flexibility index (Phi) is 5.09. The van der Waals surface area contributed by atoms with Crippen molar-refractivity contribution in [3.8, 4) is 10.8 Å². The first kappa shape index (κ1) is 15.8. The highest BCUT2D eigenvalue weighted by atomic mass is 32.2. The lowest BCUT2D eigenvalue weighted by atomic mass is 10.3. The minimum atomic E-state index is -0.0238. The first-order chi connectivity index (χ1) is 11.2. The Hall–Kier alpha value is -2.12. The van der Waals surface area contributed by atoms with Crippen molar-refractivity contribution in [1.82, 2.24) is 10.1 Å². The van der Waals surface area contributed by atoms with E-state index in [1.54, 1.807) is 18.7 Å². The lowest BCUT2D eigenvalue weighted by Gasteiger charge is -2.05. The summed E-state index contributed by atoms with van der Waals surface area (Å²) in [6, 6.07) is 11.9. The van der Waals surface area contributed by atoms with E-state index in [0.717, 1.165) is 15.5 Å². The number of carbonyl (C=O) groups is 1. The van der Waals surface area contributed by atoms with Crippen LogP contribution >= 0.6 is 23.1 Å². The highest BCUT2D eigenvalue weighted by molar-refractivity contribution is 7.99. The van der Waals surface area contributed by atoms with E-state index in [1.165, 1.54) is 11.3 Å². The third kappa shape index (κ3) is 4.20. The molecule has 0 bridgehead atoms. The fourth-order valence-corrected chi connectivity index (χ4v) is 3.60. The second-order valence-electron chi connectivity index (χ2n) is 4.77. The van der Waals surface area contributed by atoms with Crippen LogP contribution in [0.2, 0.25) is 0 Å². The molecule has 118 valence electrons. The van der Waals surface area contributed by atoms with Gasteiger partial charge in [-0.25, -0.2) is 0 Å². The molecule has 1 aromatic carbocycles.